The fourth-order valence-corrected chi connectivity index (χ4v) is 5.42. The third-order valence-corrected chi connectivity index (χ3v) is 7.19. The molecule has 2 aliphatic rings. The first-order valence-electron chi connectivity index (χ1n) is 9.32. The Balaban J connectivity index is 1.62. The Bertz CT molecular complexity index is 1040. The third kappa shape index (κ3) is 3.73. The van der Waals surface area contributed by atoms with Gasteiger partial charge < -0.3 is 10.2 Å². The van der Waals surface area contributed by atoms with Crippen LogP contribution in [0.25, 0.3) is 11.1 Å². The summed E-state index contributed by atoms with van der Waals surface area (Å²) in [6.07, 6.45) is 2.93. The lowest BCUT2D eigenvalue weighted by molar-refractivity contribution is -0.120. The highest BCUT2D eigenvalue weighted by atomic mass is 32.2. The van der Waals surface area contributed by atoms with Crippen molar-refractivity contribution in [1.82, 2.24) is 4.90 Å². The molecule has 0 unspecified atom stereocenters. The highest BCUT2D eigenvalue weighted by Gasteiger charge is 2.29. The number of rotatable bonds is 3. The SMILES string of the molecule is N#CN1Cc2cc(NC(=O)C3CCS(=O)(=O)CC3)cc(-c3ccccc3)c2C1. The number of carbonyl (C=O) groups is 1. The van der Waals surface area contributed by atoms with Gasteiger partial charge in [-0.05, 0) is 47.2 Å². The van der Waals surface area contributed by atoms with Gasteiger partial charge in [0.05, 0.1) is 24.6 Å². The lowest BCUT2D eigenvalue weighted by atomic mass is 9.95. The average molecular weight is 395 g/mol. The van der Waals surface area contributed by atoms with E-state index in [0.29, 0.717) is 31.6 Å². The normalized spacial score (nSPS) is 18.3. The van der Waals surface area contributed by atoms with Crippen LogP contribution in [0.2, 0.25) is 0 Å². The average Bonchev–Trinajstić information content (AvgIpc) is 3.11. The monoisotopic (exact) mass is 395 g/mol. The Morgan fingerprint density at radius 2 is 1.82 bits per heavy atom. The molecule has 2 aromatic rings. The summed E-state index contributed by atoms with van der Waals surface area (Å²) < 4.78 is 23.2. The number of benzene rings is 2. The number of amides is 1. The zero-order valence-electron chi connectivity index (χ0n) is 15.4. The van der Waals surface area contributed by atoms with Crippen molar-refractivity contribution in [2.75, 3.05) is 16.8 Å². The number of hydrogen-bond donors (Lipinski definition) is 1. The van der Waals surface area contributed by atoms with Gasteiger partial charge in [0, 0.05) is 11.6 Å². The second kappa shape index (κ2) is 7.28. The maximum atomic E-state index is 12.7. The van der Waals surface area contributed by atoms with Crippen LogP contribution in [0.15, 0.2) is 42.5 Å². The van der Waals surface area contributed by atoms with Crippen LogP contribution in [-0.4, -0.2) is 30.7 Å². The van der Waals surface area contributed by atoms with E-state index >= 15 is 0 Å². The Hall–Kier alpha value is -2.85. The molecular formula is C21H21N3O3S. The first kappa shape index (κ1) is 18.5. The van der Waals surface area contributed by atoms with Gasteiger partial charge in [0.25, 0.3) is 0 Å². The first-order chi connectivity index (χ1) is 13.4. The Morgan fingerprint density at radius 3 is 2.50 bits per heavy atom. The largest absolute Gasteiger partial charge is 0.326 e. The molecule has 0 radical (unpaired) electrons. The highest BCUT2D eigenvalue weighted by molar-refractivity contribution is 7.91. The van der Waals surface area contributed by atoms with Crippen LogP contribution in [0.4, 0.5) is 5.69 Å². The summed E-state index contributed by atoms with van der Waals surface area (Å²) in [6, 6.07) is 13.8. The summed E-state index contributed by atoms with van der Waals surface area (Å²) >= 11 is 0. The van der Waals surface area contributed by atoms with Crippen molar-refractivity contribution in [3.8, 4) is 17.3 Å². The van der Waals surface area contributed by atoms with E-state index in [1.807, 2.05) is 42.5 Å². The molecule has 6 nitrogen and oxygen atoms in total. The second-order valence-electron chi connectivity index (χ2n) is 7.40. The number of fused-ring (bicyclic) bond motifs is 1. The molecule has 0 saturated carbocycles. The van der Waals surface area contributed by atoms with E-state index in [1.54, 1.807) is 4.90 Å². The van der Waals surface area contributed by atoms with Crippen LogP contribution in [0.5, 0.6) is 0 Å². The summed E-state index contributed by atoms with van der Waals surface area (Å²) in [5, 5.41) is 12.3. The molecule has 1 N–H and O–H groups in total. The minimum atomic E-state index is -3.00. The van der Waals surface area contributed by atoms with Crippen LogP contribution in [0.1, 0.15) is 24.0 Å². The molecule has 4 rings (SSSR count). The summed E-state index contributed by atoms with van der Waals surface area (Å²) in [6.45, 7) is 1.09. The zero-order valence-corrected chi connectivity index (χ0v) is 16.2. The van der Waals surface area contributed by atoms with E-state index in [9.17, 15) is 18.5 Å². The number of anilines is 1. The van der Waals surface area contributed by atoms with E-state index in [1.165, 1.54) is 0 Å². The number of carbonyl (C=O) groups excluding carboxylic acids is 1. The van der Waals surface area contributed by atoms with Gasteiger partial charge in [-0.15, -0.1) is 0 Å². The molecule has 0 atom stereocenters. The molecule has 144 valence electrons. The molecule has 2 aromatic carbocycles. The molecule has 1 saturated heterocycles. The van der Waals surface area contributed by atoms with Gasteiger partial charge >= 0.3 is 0 Å². The number of nitrogens with one attached hydrogen (secondary N) is 1. The smallest absolute Gasteiger partial charge is 0.227 e. The maximum Gasteiger partial charge on any atom is 0.227 e. The predicted molar refractivity (Wildman–Crippen MR) is 107 cm³/mol. The molecule has 7 heteroatoms. The van der Waals surface area contributed by atoms with Crippen LogP contribution in [-0.2, 0) is 27.7 Å². The molecule has 1 amide bonds. The standard InChI is InChI=1S/C21H21N3O3S/c22-14-24-12-17-10-18(23-21(25)16-6-8-28(26,27)9-7-16)11-19(20(17)13-24)15-4-2-1-3-5-15/h1-5,10-11,16H,6-9,12-13H2,(H,23,25). The highest BCUT2D eigenvalue weighted by Crippen LogP contribution is 2.35. The van der Waals surface area contributed by atoms with Crippen molar-refractivity contribution in [2.45, 2.75) is 25.9 Å². The molecule has 2 heterocycles. The van der Waals surface area contributed by atoms with E-state index in [2.05, 4.69) is 11.5 Å². The van der Waals surface area contributed by atoms with Gasteiger partial charge in [-0.3, -0.25) is 4.79 Å². The number of nitrogens with zero attached hydrogens (tertiary/aromatic N) is 2. The zero-order chi connectivity index (χ0) is 19.7. The molecule has 0 aromatic heterocycles. The number of sulfone groups is 1. The summed E-state index contributed by atoms with van der Waals surface area (Å²) in [5.74, 6) is -0.278. The van der Waals surface area contributed by atoms with Crippen molar-refractivity contribution in [3.63, 3.8) is 0 Å². The first-order valence-corrected chi connectivity index (χ1v) is 11.1. The van der Waals surface area contributed by atoms with E-state index < -0.39 is 9.84 Å². The fraction of sp³-hybridized carbons (Fsp3) is 0.333. The van der Waals surface area contributed by atoms with Gasteiger partial charge in [-0.2, -0.15) is 5.26 Å². The quantitative estimate of drug-likeness (QED) is 0.807. The van der Waals surface area contributed by atoms with Gasteiger partial charge in [0.2, 0.25) is 5.91 Å². The summed E-state index contributed by atoms with van der Waals surface area (Å²) in [4.78, 5) is 14.4. The summed E-state index contributed by atoms with van der Waals surface area (Å²) in [7, 11) is -3.00. The number of hydrogen-bond acceptors (Lipinski definition) is 5. The van der Waals surface area contributed by atoms with Crippen LogP contribution in [0, 0.1) is 17.4 Å². The predicted octanol–water partition coefficient (Wildman–Crippen LogP) is 2.91. The van der Waals surface area contributed by atoms with Crippen LogP contribution < -0.4 is 5.32 Å². The van der Waals surface area contributed by atoms with Gasteiger partial charge in [-0.1, -0.05) is 30.3 Å². The number of nitriles is 1. The molecule has 1 fully saturated rings. The Kier molecular flexibility index (Phi) is 4.82. The molecule has 0 aliphatic carbocycles. The second-order valence-corrected chi connectivity index (χ2v) is 9.70. The molecule has 2 aliphatic heterocycles. The van der Waals surface area contributed by atoms with Crippen molar-refractivity contribution in [1.29, 1.82) is 5.26 Å². The van der Waals surface area contributed by atoms with Gasteiger partial charge in [0.15, 0.2) is 6.19 Å². The fourth-order valence-electron chi connectivity index (χ4n) is 3.93. The Morgan fingerprint density at radius 1 is 1.11 bits per heavy atom. The van der Waals surface area contributed by atoms with Crippen molar-refractivity contribution in [2.24, 2.45) is 5.92 Å². The van der Waals surface area contributed by atoms with Gasteiger partial charge in [0.1, 0.15) is 9.84 Å². The maximum absolute atomic E-state index is 12.7. The minimum Gasteiger partial charge on any atom is -0.326 e. The topological polar surface area (TPSA) is 90.3 Å². The van der Waals surface area contributed by atoms with E-state index in [0.717, 1.165) is 22.3 Å². The van der Waals surface area contributed by atoms with Crippen molar-refractivity contribution < 1.29 is 13.2 Å². The van der Waals surface area contributed by atoms with E-state index in [-0.39, 0.29) is 23.3 Å². The summed E-state index contributed by atoms with van der Waals surface area (Å²) in [5.41, 5.74) is 4.88. The van der Waals surface area contributed by atoms with Crippen LogP contribution in [0.3, 0.4) is 0 Å². The van der Waals surface area contributed by atoms with E-state index in [4.69, 9.17) is 0 Å². The minimum absolute atomic E-state index is 0.0711. The Labute approximate surface area is 164 Å². The van der Waals surface area contributed by atoms with Crippen LogP contribution >= 0.6 is 0 Å². The molecule has 28 heavy (non-hydrogen) atoms. The lowest BCUT2D eigenvalue weighted by Gasteiger charge is -2.21. The van der Waals surface area contributed by atoms with Crippen molar-refractivity contribution in [3.05, 3.63) is 53.6 Å². The molecule has 0 spiro atoms. The van der Waals surface area contributed by atoms with Gasteiger partial charge in [-0.25, -0.2) is 8.42 Å². The lowest BCUT2D eigenvalue weighted by Crippen LogP contribution is -2.31. The molecular weight excluding hydrogens is 374 g/mol. The van der Waals surface area contributed by atoms with Crippen molar-refractivity contribution >= 4 is 21.4 Å². The molecule has 0 bridgehead atoms. The third-order valence-electron chi connectivity index (χ3n) is 5.47.